The normalized spacial score (nSPS) is 20.0. The van der Waals surface area contributed by atoms with Gasteiger partial charge in [-0.1, -0.05) is 37.3 Å². The number of cyclic esters (lactones) is 1. The van der Waals surface area contributed by atoms with Gasteiger partial charge in [-0.25, -0.2) is 15.2 Å². The monoisotopic (exact) mass is 296 g/mol. The van der Waals surface area contributed by atoms with E-state index in [9.17, 15) is 4.79 Å². The van der Waals surface area contributed by atoms with Crippen LogP contribution in [0.1, 0.15) is 25.3 Å². The number of nitrogens with zero attached hydrogens (tertiary/aromatic N) is 1. The van der Waals surface area contributed by atoms with E-state index in [1.54, 1.807) is 5.01 Å². The highest BCUT2D eigenvalue weighted by atomic mass is 35.5. The molecule has 1 saturated heterocycles. The molecule has 1 aromatic rings. The van der Waals surface area contributed by atoms with E-state index in [4.69, 9.17) is 16.3 Å². The average molecular weight is 297 g/mol. The van der Waals surface area contributed by atoms with Crippen LogP contribution in [0.3, 0.4) is 0 Å². The van der Waals surface area contributed by atoms with Crippen molar-refractivity contribution in [2.24, 2.45) is 0 Å². The maximum absolute atomic E-state index is 11.8. The summed E-state index contributed by atoms with van der Waals surface area (Å²) in [5.74, 6) is 0.581. The van der Waals surface area contributed by atoms with Gasteiger partial charge in [0.2, 0.25) is 0 Å². The molecule has 0 aliphatic carbocycles. The summed E-state index contributed by atoms with van der Waals surface area (Å²) in [6, 6.07) is 10.4. The van der Waals surface area contributed by atoms with E-state index in [0.29, 0.717) is 12.5 Å². The Morgan fingerprint density at radius 3 is 2.85 bits per heavy atom. The van der Waals surface area contributed by atoms with Gasteiger partial charge in [-0.05, 0) is 24.8 Å². The zero-order valence-corrected chi connectivity index (χ0v) is 12.5. The highest BCUT2D eigenvalue weighted by Gasteiger charge is 2.34. The molecule has 0 unspecified atom stereocenters. The van der Waals surface area contributed by atoms with Gasteiger partial charge in [0.15, 0.2) is 0 Å². The Morgan fingerprint density at radius 1 is 1.45 bits per heavy atom. The minimum Gasteiger partial charge on any atom is -0.446 e. The number of amides is 1. The molecule has 0 radical (unpaired) electrons. The van der Waals surface area contributed by atoms with Crippen LogP contribution in [0.25, 0.3) is 0 Å². The second-order valence-electron chi connectivity index (χ2n) is 5.00. The Hall–Kier alpha value is -1.26. The van der Waals surface area contributed by atoms with Crippen LogP contribution in [0, 0.1) is 0 Å². The zero-order chi connectivity index (χ0) is 14.4. The standard InChI is InChI=1S/C15H21ClN2O2/c1-2-13(8-9-16)17-18-14(11-20-15(18)19)10-12-6-4-3-5-7-12/h3-7,13-14,17H,2,8-11H2,1H3/t13-,14-/m0/s1. The minimum absolute atomic E-state index is 0.0364. The Balaban J connectivity index is 1.99. The highest BCUT2D eigenvalue weighted by molar-refractivity contribution is 6.17. The van der Waals surface area contributed by atoms with Gasteiger partial charge in [0.05, 0.1) is 6.04 Å². The predicted octanol–water partition coefficient (Wildman–Crippen LogP) is 2.96. The molecule has 4 nitrogen and oxygen atoms in total. The first-order valence-electron chi connectivity index (χ1n) is 7.06. The SMILES string of the molecule is CC[C@@H](CCCl)NN1C(=O)OC[C@@H]1Cc1ccccc1. The molecule has 2 rings (SSSR count). The molecule has 1 aliphatic heterocycles. The molecule has 5 heteroatoms. The van der Waals surface area contributed by atoms with Crippen molar-refractivity contribution in [3.63, 3.8) is 0 Å². The number of nitrogens with one attached hydrogen (secondary N) is 1. The number of rotatable bonds is 7. The summed E-state index contributed by atoms with van der Waals surface area (Å²) < 4.78 is 5.17. The molecule has 1 amide bonds. The van der Waals surface area contributed by atoms with E-state index >= 15 is 0 Å². The van der Waals surface area contributed by atoms with Crippen molar-refractivity contribution in [3.05, 3.63) is 35.9 Å². The van der Waals surface area contributed by atoms with Crippen molar-refractivity contribution in [3.8, 4) is 0 Å². The summed E-state index contributed by atoms with van der Waals surface area (Å²) in [6.07, 6.45) is 2.25. The van der Waals surface area contributed by atoms with Crippen molar-refractivity contribution < 1.29 is 9.53 Å². The van der Waals surface area contributed by atoms with Crippen LogP contribution >= 0.6 is 11.6 Å². The molecule has 20 heavy (non-hydrogen) atoms. The lowest BCUT2D eigenvalue weighted by Gasteiger charge is -2.27. The third-order valence-electron chi connectivity index (χ3n) is 3.55. The van der Waals surface area contributed by atoms with Crippen molar-refractivity contribution >= 4 is 17.7 Å². The summed E-state index contributed by atoms with van der Waals surface area (Å²) in [7, 11) is 0. The van der Waals surface area contributed by atoms with Gasteiger partial charge >= 0.3 is 6.09 Å². The van der Waals surface area contributed by atoms with Crippen LogP contribution in [-0.4, -0.2) is 35.7 Å². The smallest absolute Gasteiger partial charge is 0.424 e. The number of ether oxygens (including phenoxy) is 1. The quantitative estimate of drug-likeness (QED) is 0.787. The molecule has 1 heterocycles. The zero-order valence-electron chi connectivity index (χ0n) is 11.7. The number of alkyl halides is 1. The van der Waals surface area contributed by atoms with Gasteiger partial charge in [0.1, 0.15) is 6.61 Å². The Labute approximate surface area is 125 Å². The lowest BCUT2D eigenvalue weighted by atomic mass is 10.1. The number of hydrogen-bond donors (Lipinski definition) is 1. The van der Waals surface area contributed by atoms with Gasteiger partial charge in [-0.15, -0.1) is 11.6 Å². The topological polar surface area (TPSA) is 41.6 Å². The van der Waals surface area contributed by atoms with Crippen LogP contribution in [0.4, 0.5) is 4.79 Å². The van der Waals surface area contributed by atoms with Crippen molar-refractivity contribution in [1.82, 2.24) is 10.4 Å². The molecule has 0 spiro atoms. The van der Waals surface area contributed by atoms with E-state index in [1.807, 2.05) is 18.2 Å². The maximum atomic E-state index is 11.8. The molecular weight excluding hydrogens is 276 g/mol. The largest absolute Gasteiger partial charge is 0.446 e. The van der Waals surface area contributed by atoms with Crippen LogP contribution < -0.4 is 5.43 Å². The number of carbonyl (C=O) groups is 1. The van der Waals surface area contributed by atoms with Crippen LogP contribution in [0.5, 0.6) is 0 Å². The van der Waals surface area contributed by atoms with Gasteiger partial charge < -0.3 is 4.74 Å². The number of hydrogen-bond acceptors (Lipinski definition) is 3. The van der Waals surface area contributed by atoms with Crippen LogP contribution in [0.15, 0.2) is 30.3 Å². The third kappa shape index (κ3) is 3.87. The van der Waals surface area contributed by atoms with E-state index in [-0.39, 0.29) is 18.2 Å². The molecule has 0 saturated carbocycles. The predicted molar refractivity (Wildman–Crippen MR) is 79.7 cm³/mol. The first-order valence-corrected chi connectivity index (χ1v) is 7.60. The second-order valence-corrected chi connectivity index (χ2v) is 5.38. The molecular formula is C15H21ClN2O2. The molecule has 0 bridgehead atoms. The van der Waals surface area contributed by atoms with E-state index < -0.39 is 0 Å². The molecule has 1 aromatic carbocycles. The van der Waals surface area contributed by atoms with Crippen molar-refractivity contribution in [2.75, 3.05) is 12.5 Å². The number of halogens is 1. The van der Waals surface area contributed by atoms with E-state index in [1.165, 1.54) is 5.56 Å². The van der Waals surface area contributed by atoms with Gasteiger partial charge in [-0.2, -0.15) is 0 Å². The molecule has 1 aliphatic rings. The minimum atomic E-state index is -0.293. The van der Waals surface area contributed by atoms with E-state index in [2.05, 4.69) is 24.5 Å². The molecule has 1 N–H and O–H groups in total. The highest BCUT2D eigenvalue weighted by Crippen LogP contribution is 2.16. The third-order valence-corrected chi connectivity index (χ3v) is 3.77. The van der Waals surface area contributed by atoms with Gasteiger partial charge in [-0.3, -0.25) is 0 Å². The summed E-state index contributed by atoms with van der Waals surface area (Å²) >= 11 is 5.79. The van der Waals surface area contributed by atoms with Crippen molar-refractivity contribution in [2.45, 2.75) is 38.3 Å². The van der Waals surface area contributed by atoms with E-state index in [0.717, 1.165) is 19.3 Å². The van der Waals surface area contributed by atoms with Gasteiger partial charge in [0, 0.05) is 11.9 Å². The molecule has 0 aromatic heterocycles. The summed E-state index contributed by atoms with van der Waals surface area (Å²) in [5, 5.41) is 1.63. The maximum Gasteiger partial charge on any atom is 0.424 e. The van der Waals surface area contributed by atoms with Crippen LogP contribution in [0.2, 0.25) is 0 Å². The fraction of sp³-hybridized carbons (Fsp3) is 0.533. The summed E-state index contributed by atoms with van der Waals surface area (Å²) in [4.78, 5) is 11.8. The average Bonchev–Trinajstić information content (AvgIpc) is 2.80. The van der Waals surface area contributed by atoms with Gasteiger partial charge in [0.25, 0.3) is 0 Å². The number of hydrazine groups is 1. The number of benzene rings is 1. The van der Waals surface area contributed by atoms with Crippen LogP contribution in [-0.2, 0) is 11.2 Å². The molecule has 1 fully saturated rings. The number of carbonyl (C=O) groups excluding carboxylic acids is 1. The summed E-state index contributed by atoms with van der Waals surface area (Å²) in [5.41, 5.74) is 4.46. The summed E-state index contributed by atoms with van der Waals surface area (Å²) in [6.45, 7) is 2.51. The first-order chi connectivity index (χ1) is 9.74. The molecule has 2 atom stereocenters. The lowest BCUT2D eigenvalue weighted by molar-refractivity contribution is 0.129. The lowest BCUT2D eigenvalue weighted by Crippen LogP contribution is -2.50. The fourth-order valence-corrected chi connectivity index (χ4v) is 2.61. The second kappa shape index (κ2) is 7.50. The Morgan fingerprint density at radius 2 is 2.20 bits per heavy atom. The fourth-order valence-electron chi connectivity index (χ4n) is 2.34. The first kappa shape index (κ1) is 15.1. The van der Waals surface area contributed by atoms with Crippen molar-refractivity contribution in [1.29, 1.82) is 0 Å². The Bertz CT molecular complexity index is 427. The molecule has 110 valence electrons. The Kier molecular flexibility index (Phi) is 5.68.